The first-order valence-corrected chi connectivity index (χ1v) is 7.52. The first-order valence-electron chi connectivity index (χ1n) is 7.52. The summed E-state index contributed by atoms with van der Waals surface area (Å²) in [6.45, 7) is 7.37. The maximum atomic E-state index is 12.2. The van der Waals surface area contributed by atoms with Gasteiger partial charge in [0.25, 0.3) is 5.91 Å². The van der Waals surface area contributed by atoms with Crippen molar-refractivity contribution in [3.05, 3.63) is 35.6 Å². The van der Waals surface area contributed by atoms with Crippen LogP contribution in [-0.2, 0) is 0 Å². The highest BCUT2D eigenvalue weighted by Crippen LogP contribution is 2.24. The largest absolute Gasteiger partial charge is 0.451 e. The molecule has 0 aliphatic rings. The quantitative estimate of drug-likeness (QED) is 0.857. The Labute approximate surface area is 125 Å². The molecule has 114 valence electrons. The molecule has 0 spiro atoms. The molecule has 0 saturated heterocycles. The van der Waals surface area contributed by atoms with Crippen molar-refractivity contribution in [2.24, 2.45) is 11.1 Å². The van der Waals surface area contributed by atoms with Crippen molar-refractivity contribution in [1.29, 1.82) is 0 Å². The topological polar surface area (TPSA) is 68.3 Å². The third-order valence-electron chi connectivity index (χ3n) is 4.45. The number of nitrogens with two attached hydrogens (primary N) is 1. The van der Waals surface area contributed by atoms with Gasteiger partial charge in [-0.05, 0) is 49.9 Å². The molecule has 1 aromatic heterocycles. The molecule has 0 unspecified atom stereocenters. The molecule has 1 aromatic carbocycles. The zero-order chi connectivity index (χ0) is 15.5. The van der Waals surface area contributed by atoms with Crippen molar-refractivity contribution in [2.75, 3.05) is 13.1 Å². The highest BCUT2D eigenvalue weighted by molar-refractivity contribution is 5.96. The molecule has 3 N–H and O–H groups in total. The average Bonchev–Trinajstić information content (AvgIpc) is 2.92. The number of hydrogen-bond acceptors (Lipinski definition) is 3. The zero-order valence-corrected chi connectivity index (χ0v) is 13.0. The Bertz CT molecular complexity index is 618. The van der Waals surface area contributed by atoms with Crippen molar-refractivity contribution in [3.63, 3.8) is 0 Å². The number of nitrogens with one attached hydrogen (secondary N) is 1. The second-order valence-electron chi connectivity index (χ2n) is 5.75. The molecule has 4 heteroatoms. The van der Waals surface area contributed by atoms with Crippen LogP contribution in [0.3, 0.4) is 0 Å². The van der Waals surface area contributed by atoms with Crippen LogP contribution in [0.2, 0.25) is 0 Å². The minimum Gasteiger partial charge on any atom is -0.451 e. The van der Waals surface area contributed by atoms with Crippen molar-refractivity contribution in [1.82, 2.24) is 5.32 Å². The Morgan fingerprint density at radius 2 is 2.00 bits per heavy atom. The maximum Gasteiger partial charge on any atom is 0.287 e. The van der Waals surface area contributed by atoms with Gasteiger partial charge in [0.2, 0.25) is 0 Å². The van der Waals surface area contributed by atoms with Crippen LogP contribution in [-0.4, -0.2) is 19.0 Å². The van der Waals surface area contributed by atoms with Gasteiger partial charge in [-0.3, -0.25) is 4.79 Å². The molecule has 21 heavy (non-hydrogen) atoms. The van der Waals surface area contributed by atoms with E-state index in [2.05, 4.69) is 19.2 Å². The van der Waals surface area contributed by atoms with E-state index < -0.39 is 0 Å². The van der Waals surface area contributed by atoms with E-state index in [0.29, 0.717) is 18.8 Å². The normalized spacial score (nSPS) is 11.8. The predicted octanol–water partition coefficient (Wildman–Crippen LogP) is 3.24. The maximum absolute atomic E-state index is 12.2. The van der Waals surface area contributed by atoms with Crippen molar-refractivity contribution in [2.45, 2.75) is 33.6 Å². The lowest BCUT2D eigenvalue weighted by Crippen LogP contribution is -2.41. The Morgan fingerprint density at radius 3 is 2.62 bits per heavy atom. The van der Waals surface area contributed by atoms with E-state index >= 15 is 0 Å². The summed E-state index contributed by atoms with van der Waals surface area (Å²) in [6, 6.07) is 7.67. The molecule has 1 amide bonds. The number of fused-ring (bicyclic) bond motifs is 1. The highest BCUT2D eigenvalue weighted by atomic mass is 16.3. The molecule has 4 nitrogen and oxygen atoms in total. The van der Waals surface area contributed by atoms with E-state index in [1.165, 1.54) is 0 Å². The van der Waals surface area contributed by atoms with Crippen LogP contribution < -0.4 is 11.1 Å². The van der Waals surface area contributed by atoms with Gasteiger partial charge >= 0.3 is 0 Å². The SMILES string of the molecule is CCC(CC)(CN)CNC(=O)c1cc2cc(C)ccc2o1. The van der Waals surface area contributed by atoms with Gasteiger partial charge in [0, 0.05) is 11.9 Å². The lowest BCUT2D eigenvalue weighted by molar-refractivity contribution is 0.0902. The summed E-state index contributed by atoms with van der Waals surface area (Å²) in [5, 5.41) is 3.91. The summed E-state index contributed by atoms with van der Waals surface area (Å²) < 4.78 is 5.61. The molecule has 0 saturated carbocycles. The predicted molar refractivity (Wildman–Crippen MR) is 85.4 cm³/mol. The van der Waals surface area contributed by atoms with Crippen LogP contribution in [0.5, 0.6) is 0 Å². The van der Waals surface area contributed by atoms with Gasteiger partial charge in [-0.1, -0.05) is 25.5 Å². The van der Waals surface area contributed by atoms with Crippen molar-refractivity contribution in [3.8, 4) is 0 Å². The van der Waals surface area contributed by atoms with Crippen LogP contribution >= 0.6 is 0 Å². The number of benzene rings is 1. The number of rotatable bonds is 6. The van der Waals surface area contributed by atoms with Gasteiger partial charge in [0.15, 0.2) is 5.76 Å². The molecule has 2 rings (SSSR count). The van der Waals surface area contributed by atoms with Crippen LogP contribution in [0.25, 0.3) is 11.0 Å². The van der Waals surface area contributed by atoms with E-state index in [0.717, 1.165) is 29.4 Å². The Hall–Kier alpha value is -1.81. The lowest BCUT2D eigenvalue weighted by atomic mass is 9.82. The molecular formula is C17H24N2O2. The molecule has 0 aliphatic carbocycles. The minimum atomic E-state index is -0.177. The van der Waals surface area contributed by atoms with Crippen LogP contribution in [0, 0.1) is 12.3 Å². The molecule has 0 atom stereocenters. The van der Waals surface area contributed by atoms with Gasteiger partial charge in [-0.25, -0.2) is 0 Å². The van der Waals surface area contributed by atoms with Crippen LogP contribution in [0.4, 0.5) is 0 Å². The smallest absolute Gasteiger partial charge is 0.287 e. The Morgan fingerprint density at radius 1 is 1.29 bits per heavy atom. The molecule has 2 aromatic rings. The second-order valence-corrected chi connectivity index (χ2v) is 5.75. The fourth-order valence-corrected chi connectivity index (χ4v) is 2.49. The van der Waals surface area contributed by atoms with Gasteiger partial charge < -0.3 is 15.5 Å². The van der Waals surface area contributed by atoms with E-state index in [-0.39, 0.29) is 11.3 Å². The molecule has 0 radical (unpaired) electrons. The zero-order valence-electron chi connectivity index (χ0n) is 13.0. The first-order chi connectivity index (χ1) is 10.0. The monoisotopic (exact) mass is 288 g/mol. The fraction of sp³-hybridized carbons (Fsp3) is 0.471. The summed E-state index contributed by atoms with van der Waals surface area (Å²) in [7, 11) is 0. The van der Waals surface area contributed by atoms with Gasteiger partial charge in [-0.2, -0.15) is 0 Å². The standard InChI is InChI=1S/C17H24N2O2/c1-4-17(5-2,10-18)11-19-16(20)15-9-13-8-12(3)6-7-14(13)21-15/h6-9H,4-5,10-11,18H2,1-3H3,(H,19,20). The van der Waals surface area contributed by atoms with Gasteiger partial charge in [0.1, 0.15) is 5.58 Å². The lowest BCUT2D eigenvalue weighted by Gasteiger charge is -2.30. The highest BCUT2D eigenvalue weighted by Gasteiger charge is 2.25. The number of carbonyl (C=O) groups excluding carboxylic acids is 1. The molecule has 0 aliphatic heterocycles. The number of hydrogen-bond donors (Lipinski definition) is 2. The van der Waals surface area contributed by atoms with E-state index in [9.17, 15) is 4.79 Å². The molecular weight excluding hydrogens is 264 g/mol. The Kier molecular flexibility index (Phi) is 4.68. The second kappa shape index (κ2) is 6.31. The summed E-state index contributed by atoms with van der Waals surface area (Å²) in [6.07, 6.45) is 1.89. The molecule has 1 heterocycles. The van der Waals surface area contributed by atoms with Gasteiger partial charge in [0.05, 0.1) is 0 Å². The van der Waals surface area contributed by atoms with E-state index in [4.69, 9.17) is 10.2 Å². The fourth-order valence-electron chi connectivity index (χ4n) is 2.49. The van der Waals surface area contributed by atoms with Crippen LogP contribution in [0.15, 0.2) is 28.7 Å². The summed E-state index contributed by atoms with van der Waals surface area (Å²) in [5.74, 6) is 0.178. The summed E-state index contributed by atoms with van der Waals surface area (Å²) in [5.41, 5.74) is 7.71. The van der Waals surface area contributed by atoms with E-state index in [1.54, 1.807) is 6.07 Å². The summed E-state index contributed by atoms with van der Waals surface area (Å²) in [4.78, 5) is 12.2. The first kappa shape index (κ1) is 15.6. The van der Waals surface area contributed by atoms with Gasteiger partial charge in [-0.15, -0.1) is 0 Å². The van der Waals surface area contributed by atoms with Crippen molar-refractivity contribution >= 4 is 16.9 Å². The minimum absolute atomic E-state index is 0.0295. The van der Waals surface area contributed by atoms with Crippen LogP contribution in [0.1, 0.15) is 42.8 Å². The Balaban J connectivity index is 2.12. The van der Waals surface area contributed by atoms with Crippen molar-refractivity contribution < 1.29 is 9.21 Å². The average molecular weight is 288 g/mol. The number of aryl methyl sites for hydroxylation is 1. The summed E-state index contributed by atoms with van der Waals surface area (Å²) >= 11 is 0. The van der Waals surface area contributed by atoms with E-state index in [1.807, 2.05) is 25.1 Å². The number of carbonyl (C=O) groups is 1. The molecule has 0 bridgehead atoms. The third-order valence-corrected chi connectivity index (χ3v) is 4.45. The number of furan rings is 1. The molecule has 0 fully saturated rings. The third kappa shape index (κ3) is 3.27. The number of amides is 1.